The minimum absolute atomic E-state index is 0.780. The lowest BCUT2D eigenvalue weighted by Crippen LogP contribution is -2.03. The molecule has 0 aromatic carbocycles. The van der Waals surface area contributed by atoms with Crippen molar-refractivity contribution >= 4 is 6.20 Å². The number of aryl methyl sites for hydroxylation is 2. The Hall–Kier alpha value is -1.05. The van der Waals surface area contributed by atoms with E-state index in [9.17, 15) is 0 Å². The molecule has 2 nitrogen and oxygen atoms in total. The summed E-state index contributed by atoms with van der Waals surface area (Å²) in [5.74, 6) is 0.780. The molecule has 82 valence electrons. The van der Waals surface area contributed by atoms with E-state index in [0.717, 1.165) is 11.6 Å². The Balaban J connectivity index is 2.00. The van der Waals surface area contributed by atoms with Crippen LogP contribution in [0.3, 0.4) is 0 Å². The molecule has 0 aliphatic heterocycles. The molecule has 1 aliphatic carbocycles. The van der Waals surface area contributed by atoms with Crippen molar-refractivity contribution in [2.75, 3.05) is 0 Å². The second kappa shape index (κ2) is 4.65. The summed E-state index contributed by atoms with van der Waals surface area (Å²) in [5.41, 5.74) is 2.32. The van der Waals surface area contributed by atoms with Gasteiger partial charge in [0.2, 0.25) is 0 Å². The van der Waals surface area contributed by atoms with E-state index in [1.807, 2.05) is 11.6 Å². The molecule has 0 unspecified atom stereocenters. The highest BCUT2D eigenvalue weighted by molar-refractivity contribution is 5.26. The Labute approximate surface area is 92.0 Å². The average Bonchev–Trinajstić information content (AvgIpc) is 2.56. The number of rotatable bonds is 2. The molecular weight excluding hydrogens is 184 g/mol. The summed E-state index contributed by atoms with van der Waals surface area (Å²) in [6.45, 7) is 4.14. The van der Waals surface area contributed by atoms with Crippen molar-refractivity contribution in [3.63, 3.8) is 0 Å². The van der Waals surface area contributed by atoms with Gasteiger partial charge in [-0.25, -0.2) is 4.68 Å². The third kappa shape index (κ3) is 2.71. The highest BCUT2D eigenvalue weighted by Gasteiger charge is 2.09. The first-order chi connectivity index (χ1) is 7.25. The second-order valence-corrected chi connectivity index (χ2v) is 4.61. The first kappa shape index (κ1) is 10.5. The SMILES string of the molecule is Cc1cc(C)n(/C=C/C2CCCCC2)n1. The van der Waals surface area contributed by atoms with Crippen LogP contribution in [0, 0.1) is 19.8 Å². The summed E-state index contributed by atoms with van der Waals surface area (Å²) in [4.78, 5) is 0. The summed E-state index contributed by atoms with van der Waals surface area (Å²) >= 11 is 0. The summed E-state index contributed by atoms with van der Waals surface area (Å²) < 4.78 is 1.99. The fourth-order valence-electron chi connectivity index (χ4n) is 2.33. The van der Waals surface area contributed by atoms with Crippen LogP contribution >= 0.6 is 0 Å². The van der Waals surface area contributed by atoms with E-state index in [2.05, 4.69) is 30.4 Å². The third-order valence-corrected chi connectivity index (χ3v) is 3.19. The van der Waals surface area contributed by atoms with E-state index in [1.165, 1.54) is 37.8 Å². The van der Waals surface area contributed by atoms with Gasteiger partial charge in [0.15, 0.2) is 0 Å². The molecule has 1 fully saturated rings. The molecule has 2 rings (SSSR count). The van der Waals surface area contributed by atoms with Gasteiger partial charge >= 0.3 is 0 Å². The Morgan fingerprint density at radius 3 is 2.60 bits per heavy atom. The molecule has 1 aliphatic rings. The molecule has 0 bridgehead atoms. The van der Waals surface area contributed by atoms with E-state index in [1.54, 1.807) is 0 Å². The number of hydrogen-bond acceptors (Lipinski definition) is 1. The number of hydrogen-bond donors (Lipinski definition) is 0. The van der Waals surface area contributed by atoms with Crippen molar-refractivity contribution in [2.45, 2.75) is 46.0 Å². The number of aromatic nitrogens is 2. The lowest BCUT2D eigenvalue weighted by atomic mass is 9.89. The van der Waals surface area contributed by atoms with Crippen molar-refractivity contribution in [1.82, 2.24) is 9.78 Å². The Bertz CT molecular complexity index is 343. The first-order valence-corrected chi connectivity index (χ1v) is 5.97. The van der Waals surface area contributed by atoms with Crippen LogP contribution in [0.4, 0.5) is 0 Å². The van der Waals surface area contributed by atoms with E-state index >= 15 is 0 Å². The summed E-state index contributed by atoms with van der Waals surface area (Å²) in [7, 11) is 0. The van der Waals surface area contributed by atoms with Gasteiger partial charge in [-0.15, -0.1) is 0 Å². The Morgan fingerprint density at radius 2 is 2.00 bits per heavy atom. The van der Waals surface area contributed by atoms with Crippen molar-refractivity contribution in [3.8, 4) is 0 Å². The molecule has 0 atom stereocenters. The summed E-state index contributed by atoms with van der Waals surface area (Å²) in [5, 5.41) is 4.42. The maximum absolute atomic E-state index is 4.42. The largest absolute Gasteiger partial charge is 0.245 e. The van der Waals surface area contributed by atoms with Crippen LogP contribution in [0.5, 0.6) is 0 Å². The van der Waals surface area contributed by atoms with Gasteiger partial charge in [0.25, 0.3) is 0 Å². The van der Waals surface area contributed by atoms with Gasteiger partial charge in [0, 0.05) is 11.9 Å². The smallest absolute Gasteiger partial charge is 0.0600 e. The number of allylic oxidation sites excluding steroid dienone is 1. The summed E-state index contributed by atoms with van der Waals surface area (Å²) in [6, 6.07) is 2.12. The van der Waals surface area contributed by atoms with Crippen LogP contribution in [-0.4, -0.2) is 9.78 Å². The molecule has 1 heterocycles. The Morgan fingerprint density at radius 1 is 1.27 bits per heavy atom. The molecular formula is C13H20N2. The minimum atomic E-state index is 0.780. The first-order valence-electron chi connectivity index (χ1n) is 5.97. The molecule has 0 spiro atoms. The number of nitrogens with zero attached hydrogens (tertiary/aromatic N) is 2. The van der Waals surface area contributed by atoms with Gasteiger partial charge in [0.05, 0.1) is 5.69 Å². The second-order valence-electron chi connectivity index (χ2n) is 4.61. The quantitative estimate of drug-likeness (QED) is 0.720. The molecule has 0 amide bonds. The van der Waals surface area contributed by atoms with Gasteiger partial charge in [-0.3, -0.25) is 0 Å². The van der Waals surface area contributed by atoms with Crippen molar-refractivity contribution in [2.24, 2.45) is 5.92 Å². The van der Waals surface area contributed by atoms with E-state index in [4.69, 9.17) is 0 Å². The average molecular weight is 204 g/mol. The van der Waals surface area contributed by atoms with Gasteiger partial charge in [0.1, 0.15) is 0 Å². The Kier molecular flexibility index (Phi) is 3.24. The predicted molar refractivity (Wildman–Crippen MR) is 63.6 cm³/mol. The van der Waals surface area contributed by atoms with Crippen molar-refractivity contribution in [1.29, 1.82) is 0 Å². The fourth-order valence-corrected chi connectivity index (χ4v) is 2.33. The molecule has 2 heteroatoms. The van der Waals surface area contributed by atoms with Crippen molar-refractivity contribution < 1.29 is 0 Å². The van der Waals surface area contributed by atoms with Gasteiger partial charge < -0.3 is 0 Å². The lowest BCUT2D eigenvalue weighted by molar-refractivity contribution is 0.420. The zero-order valence-corrected chi connectivity index (χ0v) is 9.74. The molecule has 0 radical (unpaired) electrons. The van der Waals surface area contributed by atoms with Crippen molar-refractivity contribution in [3.05, 3.63) is 23.5 Å². The van der Waals surface area contributed by atoms with E-state index < -0.39 is 0 Å². The molecule has 15 heavy (non-hydrogen) atoms. The zero-order chi connectivity index (χ0) is 10.7. The fraction of sp³-hybridized carbons (Fsp3) is 0.615. The van der Waals surface area contributed by atoms with Crippen LogP contribution < -0.4 is 0 Å². The minimum Gasteiger partial charge on any atom is -0.245 e. The normalized spacial score (nSPS) is 18.8. The molecule has 1 saturated carbocycles. The topological polar surface area (TPSA) is 17.8 Å². The van der Waals surface area contributed by atoms with Crippen LogP contribution in [0.15, 0.2) is 12.1 Å². The standard InChI is InChI=1S/C13H20N2/c1-11-10-12(2)15(14-11)9-8-13-6-4-3-5-7-13/h8-10,13H,3-7H2,1-2H3/b9-8+. The maximum Gasteiger partial charge on any atom is 0.0600 e. The zero-order valence-electron chi connectivity index (χ0n) is 9.74. The van der Waals surface area contributed by atoms with Crippen LogP contribution in [0.25, 0.3) is 6.20 Å². The summed E-state index contributed by atoms with van der Waals surface area (Å²) in [6.07, 6.45) is 11.4. The van der Waals surface area contributed by atoms with Crippen LogP contribution in [0.1, 0.15) is 43.5 Å². The third-order valence-electron chi connectivity index (χ3n) is 3.19. The highest BCUT2D eigenvalue weighted by Crippen LogP contribution is 2.24. The molecule has 0 saturated heterocycles. The van der Waals surface area contributed by atoms with Gasteiger partial charge in [-0.2, -0.15) is 5.10 Å². The van der Waals surface area contributed by atoms with Crippen LogP contribution in [0.2, 0.25) is 0 Å². The predicted octanol–water partition coefficient (Wildman–Crippen LogP) is 3.55. The highest BCUT2D eigenvalue weighted by atomic mass is 15.3. The monoisotopic (exact) mass is 204 g/mol. The maximum atomic E-state index is 4.42. The van der Waals surface area contributed by atoms with E-state index in [-0.39, 0.29) is 0 Å². The molecule has 0 N–H and O–H groups in total. The van der Waals surface area contributed by atoms with Gasteiger partial charge in [-0.1, -0.05) is 25.3 Å². The van der Waals surface area contributed by atoms with Gasteiger partial charge in [-0.05, 0) is 38.7 Å². The van der Waals surface area contributed by atoms with E-state index in [0.29, 0.717) is 0 Å². The van der Waals surface area contributed by atoms with Crippen LogP contribution in [-0.2, 0) is 0 Å². The molecule has 1 aromatic rings. The lowest BCUT2D eigenvalue weighted by Gasteiger charge is -2.17. The molecule has 1 aromatic heterocycles.